The molecule has 2 unspecified atom stereocenters. The molecule has 0 spiro atoms. The van der Waals surface area contributed by atoms with Crippen LogP contribution >= 0.6 is 11.6 Å². The van der Waals surface area contributed by atoms with Crippen LogP contribution in [0.25, 0.3) is 0 Å². The summed E-state index contributed by atoms with van der Waals surface area (Å²) >= 11 is 6.12. The molecule has 1 aliphatic rings. The van der Waals surface area contributed by atoms with E-state index in [0.29, 0.717) is 11.1 Å². The Labute approximate surface area is 107 Å². The molecule has 1 fully saturated rings. The second-order valence-corrected chi connectivity index (χ2v) is 4.92. The molecule has 17 heavy (non-hydrogen) atoms. The smallest absolute Gasteiger partial charge is 0.0834 e. The molecular weight excluding hydrogens is 238 g/mol. The van der Waals surface area contributed by atoms with Gasteiger partial charge in [-0.05, 0) is 32.6 Å². The van der Waals surface area contributed by atoms with Gasteiger partial charge in [0.2, 0.25) is 0 Å². The van der Waals surface area contributed by atoms with Gasteiger partial charge in [-0.25, -0.2) is 0 Å². The Morgan fingerprint density at radius 2 is 2.53 bits per heavy atom. The van der Waals surface area contributed by atoms with Crippen molar-refractivity contribution in [1.29, 1.82) is 0 Å². The van der Waals surface area contributed by atoms with Crippen molar-refractivity contribution in [2.24, 2.45) is 5.73 Å². The maximum Gasteiger partial charge on any atom is 0.0834 e. The third-order valence-electron chi connectivity index (χ3n) is 3.31. The molecule has 1 aliphatic heterocycles. The molecule has 2 heterocycles. The van der Waals surface area contributed by atoms with E-state index in [9.17, 15) is 0 Å². The molecule has 4 nitrogen and oxygen atoms in total. The van der Waals surface area contributed by atoms with Gasteiger partial charge in [0.15, 0.2) is 0 Å². The van der Waals surface area contributed by atoms with Gasteiger partial charge in [-0.15, -0.1) is 0 Å². The number of aryl methyl sites for hydroxylation is 1. The number of nitrogens with two attached hydrogens (primary N) is 1. The predicted molar refractivity (Wildman–Crippen MR) is 68.0 cm³/mol. The van der Waals surface area contributed by atoms with Crippen molar-refractivity contribution in [2.45, 2.75) is 51.3 Å². The summed E-state index contributed by atoms with van der Waals surface area (Å²) in [5.41, 5.74) is 7.15. The Hall–Kier alpha value is -0.580. The summed E-state index contributed by atoms with van der Waals surface area (Å²) in [6.07, 6.45) is 6.30. The summed E-state index contributed by atoms with van der Waals surface area (Å²) in [5.74, 6) is 0. The molecule has 1 aromatic heterocycles. The molecule has 2 atom stereocenters. The van der Waals surface area contributed by atoms with E-state index in [1.807, 2.05) is 11.6 Å². The van der Waals surface area contributed by atoms with Crippen molar-refractivity contribution < 1.29 is 4.74 Å². The molecule has 5 heteroatoms. The quantitative estimate of drug-likeness (QED) is 0.882. The molecule has 0 saturated carbocycles. The first-order valence-corrected chi connectivity index (χ1v) is 6.68. The largest absolute Gasteiger partial charge is 0.378 e. The van der Waals surface area contributed by atoms with Gasteiger partial charge in [-0.2, -0.15) is 5.10 Å². The first-order chi connectivity index (χ1) is 8.22. The van der Waals surface area contributed by atoms with Gasteiger partial charge in [-0.3, -0.25) is 4.68 Å². The van der Waals surface area contributed by atoms with E-state index in [2.05, 4.69) is 5.10 Å². The molecular formula is C12H20ClN3O. The number of aromatic nitrogens is 2. The Bertz CT molecular complexity index is 361. The molecule has 96 valence electrons. The molecule has 0 aliphatic carbocycles. The van der Waals surface area contributed by atoms with E-state index >= 15 is 0 Å². The van der Waals surface area contributed by atoms with Crippen LogP contribution < -0.4 is 5.73 Å². The van der Waals surface area contributed by atoms with Crippen LogP contribution in [0.4, 0.5) is 0 Å². The summed E-state index contributed by atoms with van der Waals surface area (Å²) in [6.45, 7) is 3.74. The Morgan fingerprint density at radius 3 is 3.18 bits per heavy atom. The SMILES string of the molecule is CCn1ncc(Cl)c1C(N)CCC1CCCO1. The third kappa shape index (κ3) is 3.00. The number of ether oxygens (including phenoxy) is 1. The lowest BCUT2D eigenvalue weighted by Crippen LogP contribution is -2.18. The van der Waals surface area contributed by atoms with Crippen LogP contribution in [-0.4, -0.2) is 22.5 Å². The standard InChI is InChI=1S/C12H20ClN3O/c1-2-16-12(10(13)8-15-16)11(14)6-5-9-4-3-7-17-9/h8-9,11H,2-7,14H2,1H3. The minimum absolute atomic E-state index is 0.0471. The minimum atomic E-state index is -0.0471. The van der Waals surface area contributed by atoms with Crippen molar-refractivity contribution in [2.75, 3.05) is 6.61 Å². The summed E-state index contributed by atoms with van der Waals surface area (Å²) in [7, 11) is 0. The van der Waals surface area contributed by atoms with Gasteiger partial charge >= 0.3 is 0 Å². The van der Waals surface area contributed by atoms with Crippen LogP contribution in [0.5, 0.6) is 0 Å². The molecule has 1 aromatic rings. The first kappa shape index (κ1) is 12.9. The number of hydrogen-bond acceptors (Lipinski definition) is 3. The number of nitrogens with zero attached hydrogens (tertiary/aromatic N) is 2. The lowest BCUT2D eigenvalue weighted by Gasteiger charge is -2.16. The normalized spacial score (nSPS) is 21.9. The van der Waals surface area contributed by atoms with E-state index in [1.165, 1.54) is 6.42 Å². The maximum absolute atomic E-state index is 6.19. The summed E-state index contributed by atoms with van der Waals surface area (Å²) in [4.78, 5) is 0. The average molecular weight is 258 g/mol. The second-order valence-electron chi connectivity index (χ2n) is 4.51. The van der Waals surface area contributed by atoms with E-state index in [0.717, 1.165) is 38.1 Å². The fraction of sp³-hybridized carbons (Fsp3) is 0.750. The number of hydrogen-bond donors (Lipinski definition) is 1. The van der Waals surface area contributed by atoms with Crippen molar-refractivity contribution in [3.8, 4) is 0 Å². The van der Waals surface area contributed by atoms with E-state index in [-0.39, 0.29) is 6.04 Å². The second kappa shape index (κ2) is 5.85. The van der Waals surface area contributed by atoms with Crippen molar-refractivity contribution in [1.82, 2.24) is 9.78 Å². The van der Waals surface area contributed by atoms with Gasteiger partial charge in [0.05, 0.1) is 23.0 Å². The van der Waals surface area contributed by atoms with Crippen LogP contribution in [-0.2, 0) is 11.3 Å². The average Bonchev–Trinajstić information content (AvgIpc) is 2.94. The third-order valence-corrected chi connectivity index (χ3v) is 3.60. The Kier molecular flexibility index (Phi) is 4.42. The van der Waals surface area contributed by atoms with Crippen LogP contribution in [0.15, 0.2) is 6.20 Å². The van der Waals surface area contributed by atoms with Gasteiger partial charge < -0.3 is 10.5 Å². The molecule has 0 amide bonds. The van der Waals surface area contributed by atoms with Gasteiger partial charge in [0.25, 0.3) is 0 Å². The molecule has 2 N–H and O–H groups in total. The first-order valence-electron chi connectivity index (χ1n) is 6.30. The summed E-state index contributed by atoms with van der Waals surface area (Å²) < 4.78 is 7.47. The van der Waals surface area contributed by atoms with Gasteiger partial charge in [0.1, 0.15) is 0 Å². The molecule has 0 radical (unpaired) electrons. The highest BCUT2D eigenvalue weighted by Gasteiger charge is 2.20. The lowest BCUT2D eigenvalue weighted by molar-refractivity contribution is 0.100. The van der Waals surface area contributed by atoms with E-state index in [4.69, 9.17) is 22.1 Å². The predicted octanol–water partition coefficient (Wildman–Crippen LogP) is 2.52. The topological polar surface area (TPSA) is 53.1 Å². The van der Waals surface area contributed by atoms with Crippen LogP contribution in [0.2, 0.25) is 5.02 Å². The summed E-state index contributed by atoms with van der Waals surface area (Å²) in [6, 6.07) is -0.0471. The van der Waals surface area contributed by atoms with Crippen LogP contribution in [0.3, 0.4) is 0 Å². The zero-order valence-electron chi connectivity index (χ0n) is 10.2. The Balaban J connectivity index is 1.93. The van der Waals surface area contributed by atoms with Crippen LogP contribution in [0.1, 0.15) is 44.3 Å². The molecule has 1 saturated heterocycles. The minimum Gasteiger partial charge on any atom is -0.378 e. The van der Waals surface area contributed by atoms with Crippen molar-refractivity contribution >= 4 is 11.6 Å². The zero-order valence-corrected chi connectivity index (χ0v) is 11.0. The van der Waals surface area contributed by atoms with Crippen LogP contribution in [0, 0.1) is 0 Å². The fourth-order valence-corrected chi connectivity index (χ4v) is 2.65. The highest BCUT2D eigenvalue weighted by molar-refractivity contribution is 6.31. The highest BCUT2D eigenvalue weighted by atomic mass is 35.5. The molecule has 2 rings (SSSR count). The lowest BCUT2D eigenvalue weighted by atomic mass is 10.0. The van der Waals surface area contributed by atoms with Gasteiger partial charge in [0, 0.05) is 19.2 Å². The summed E-state index contributed by atoms with van der Waals surface area (Å²) in [5, 5.41) is 4.88. The van der Waals surface area contributed by atoms with E-state index < -0.39 is 0 Å². The van der Waals surface area contributed by atoms with Crippen molar-refractivity contribution in [3.63, 3.8) is 0 Å². The fourth-order valence-electron chi connectivity index (χ4n) is 2.37. The monoisotopic (exact) mass is 257 g/mol. The number of halogens is 1. The maximum atomic E-state index is 6.19. The van der Waals surface area contributed by atoms with Crippen molar-refractivity contribution in [3.05, 3.63) is 16.9 Å². The Morgan fingerprint density at radius 1 is 1.71 bits per heavy atom. The highest BCUT2D eigenvalue weighted by Crippen LogP contribution is 2.26. The van der Waals surface area contributed by atoms with E-state index in [1.54, 1.807) is 6.20 Å². The molecule has 0 aromatic carbocycles. The zero-order chi connectivity index (χ0) is 12.3. The van der Waals surface area contributed by atoms with Gasteiger partial charge in [-0.1, -0.05) is 11.6 Å². The molecule has 0 bridgehead atoms. The number of rotatable bonds is 5.